The van der Waals surface area contributed by atoms with Gasteiger partial charge in [0.25, 0.3) is 5.91 Å². The van der Waals surface area contributed by atoms with Gasteiger partial charge in [0.05, 0.1) is 26.9 Å². The molecule has 8 heteroatoms. The summed E-state index contributed by atoms with van der Waals surface area (Å²) in [6.45, 7) is 0.793. The van der Waals surface area contributed by atoms with Crippen molar-refractivity contribution in [1.82, 2.24) is 5.32 Å². The molecule has 0 bridgehead atoms. The molecule has 1 unspecified atom stereocenters. The molecule has 8 nitrogen and oxygen atoms in total. The standard InChI is InChI=1S/C11H17NO7/c1-17-9(13)3-2-7(11(15)16)12-10(14)8-6-18-4-5-19-8/h7-8H,2-6H2,1H3,(H,12,14)(H,15,16)/t7-,8?/m1/s1. The first-order valence-electron chi connectivity index (χ1n) is 5.84. The van der Waals surface area contributed by atoms with Crippen LogP contribution < -0.4 is 5.32 Å². The average molecular weight is 275 g/mol. The molecule has 2 atom stereocenters. The highest BCUT2D eigenvalue weighted by atomic mass is 16.6. The van der Waals surface area contributed by atoms with E-state index < -0.39 is 30.0 Å². The van der Waals surface area contributed by atoms with Crippen molar-refractivity contribution < 1.29 is 33.7 Å². The van der Waals surface area contributed by atoms with E-state index in [0.29, 0.717) is 6.61 Å². The molecule has 2 N–H and O–H groups in total. The molecule has 0 radical (unpaired) electrons. The van der Waals surface area contributed by atoms with Crippen LogP contribution in [0.1, 0.15) is 12.8 Å². The molecular formula is C11H17NO7. The fourth-order valence-corrected chi connectivity index (χ4v) is 1.53. The van der Waals surface area contributed by atoms with Crippen LogP contribution in [-0.4, -0.2) is 62.0 Å². The Morgan fingerprint density at radius 2 is 2.16 bits per heavy atom. The molecule has 1 saturated heterocycles. The van der Waals surface area contributed by atoms with Gasteiger partial charge in [-0.15, -0.1) is 0 Å². The maximum absolute atomic E-state index is 11.7. The highest BCUT2D eigenvalue weighted by Gasteiger charge is 2.28. The van der Waals surface area contributed by atoms with E-state index in [4.69, 9.17) is 14.6 Å². The number of carboxylic acid groups (broad SMARTS) is 1. The zero-order valence-electron chi connectivity index (χ0n) is 10.6. The van der Waals surface area contributed by atoms with Crippen molar-refractivity contribution in [3.63, 3.8) is 0 Å². The number of carbonyl (C=O) groups is 3. The van der Waals surface area contributed by atoms with Gasteiger partial charge in [-0.2, -0.15) is 0 Å². The molecule has 1 aliphatic rings. The van der Waals surface area contributed by atoms with E-state index in [1.54, 1.807) is 0 Å². The van der Waals surface area contributed by atoms with Gasteiger partial charge in [0, 0.05) is 6.42 Å². The Labute approximate surface area is 110 Å². The molecule has 0 aromatic rings. The summed E-state index contributed by atoms with van der Waals surface area (Å²) in [4.78, 5) is 33.7. The lowest BCUT2D eigenvalue weighted by atomic mass is 10.1. The van der Waals surface area contributed by atoms with Gasteiger partial charge >= 0.3 is 11.9 Å². The zero-order valence-corrected chi connectivity index (χ0v) is 10.6. The van der Waals surface area contributed by atoms with Crippen molar-refractivity contribution in [3.8, 4) is 0 Å². The van der Waals surface area contributed by atoms with Crippen LogP contribution in [0.15, 0.2) is 0 Å². The predicted molar refractivity (Wildman–Crippen MR) is 61.4 cm³/mol. The van der Waals surface area contributed by atoms with Crippen LogP contribution in [0.25, 0.3) is 0 Å². The number of aliphatic carboxylic acids is 1. The maximum atomic E-state index is 11.7. The number of hydrogen-bond donors (Lipinski definition) is 2. The molecule has 0 spiro atoms. The number of hydrogen-bond acceptors (Lipinski definition) is 6. The number of methoxy groups -OCH3 is 1. The molecule has 0 aliphatic carbocycles. The SMILES string of the molecule is COC(=O)CC[C@@H](NC(=O)C1COCCO1)C(=O)O. The van der Waals surface area contributed by atoms with Gasteiger partial charge in [0.1, 0.15) is 6.04 Å². The second-order valence-corrected chi connectivity index (χ2v) is 3.95. The Balaban J connectivity index is 2.45. The first-order valence-corrected chi connectivity index (χ1v) is 5.84. The van der Waals surface area contributed by atoms with Crippen molar-refractivity contribution in [2.45, 2.75) is 25.0 Å². The van der Waals surface area contributed by atoms with Crippen molar-refractivity contribution in [2.75, 3.05) is 26.9 Å². The van der Waals surface area contributed by atoms with Crippen LogP contribution in [0.5, 0.6) is 0 Å². The number of nitrogens with one attached hydrogen (secondary N) is 1. The molecule has 19 heavy (non-hydrogen) atoms. The number of esters is 1. The van der Waals surface area contributed by atoms with Crippen LogP contribution in [-0.2, 0) is 28.6 Å². The summed E-state index contributed by atoms with van der Waals surface area (Å²) in [5.41, 5.74) is 0. The summed E-state index contributed by atoms with van der Waals surface area (Å²) in [5.74, 6) is -2.30. The maximum Gasteiger partial charge on any atom is 0.326 e. The molecule has 0 aromatic heterocycles. The Hall–Kier alpha value is -1.67. The molecule has 1 aliphatic heterocycles. The van der Waals surface area contributed by atoms with Gasteiger partial charge in [-0.3, -0.25) is 9.59 Å². The van der Waals surface area contributed by atoms with E-state index in [2.05, 4.69) is 10.1 Å². The topological polar surface area (TPSA) is 111 Å². The molecule has 1 rings (SSSR count). The lowest BCUT2D eigenvalue weighted by Crippen LogP contribution is -2.49. The summed E-state index contributed by atoms with van der Waals surface area (Å²) >= 11 is 0. The van der Waals surface area contributed by atoms with Crippen molar-refractivity contribution in [1.29, 1.82) is 0 Å². The van der Waals surface area contributed by atoms with Gasteiger partial charge in [-0.25, -0.2) is 4.79 Å². The number of ether oxygens (including phenoxy) is 3. The van der Waals surface area contributed by atoms with Gasteiger partial charge in [-0.05, 0) is 6.42 Å². The highest BCUT2D eigenvalue weighted by molar-refractivity contribution is 5.86. The molecule has 0 aromatic carbocycles. The van der Waals surface area contributed by atoms with Crippen molar-refractivity contribution in [2.24, 2.45) is 0 Å². The molecule has 108 valence electrons. The van der Waals surface area contributed by atoms with Crippen molar-refractivity contribution >= 4 is 17.8 Å². The minimum Gasteiger partial charge on any atom is -0.480 e. The molecule has 0 saturated carbocycles. The largest absolute Gasteiger partial charge is 0.480 e. The third-order valence-corrected chi connectivity index (χ3v) is 2.59. The van der Waals surface area contributed by atoms with Gasteiger partial charge in [-0.1, -0.05) is 0 Å². The monoisotopic (exact) mass is 275 g/mol. The van der Waals surface area contributed by atoms with Crippen LogP contribution in [0.4, 0.5) is 0 Å². The third-order valence-electron chi connectivity index (χ3n) is 2.59. The van der Waals surface area contributed by atoms with E-state index in [0.717, 1.165) is 0 Å². The Kier molecular flexibility index (Phi) is 6.23. The zero-order chi connectivity index (χ0) is 14.3. The fourth-order valence-electron chi connectivity index (χ4n) is 1.53. The first kappa shape index (κ1) is 15.4. The van der Waals surface area contributed by atoms with Crippen LogP contribution >= 0.6 is 0 Å². The average Bonchev–Trinajstić information content (AvgIpc) is 2.43. The normalized spacial score (nSPS) is 20.4. The summed E-state index contributed by atoms with van der Waals surface area (Å²) < 4.78 is 14.6. The summed E-state index contributed by atoms with van der Waals surface area (Å²) in [6, 6.07) is -1.16. The van der Waals surface area contributed by atoms with Gasteiger partial charge < -0.3 is 24.6 Å². The third kappa shape index (κ3) is 5.23. The first-order chi connectivity index (χ1) is 9.04. The molecule has 1 heterocycles. The second kappa shape index (κ2) is 7.70. The summed E-state index contributed by atoms with van der Waals surface area (Å²) in [6.07, 6.45) is -0.939. The van der Waals surface area contributed by atoms with E-state index in [1.807, 2.05) is 0 Å². The van der Waals surface area contributed by atoms with E-state index in [1.165, 1.54) is 7.11 Å². The minimum absolute atomic E-state index is 0.0404. The molecule has 1 amide bonds. The van der Waals surface area contributed by atoms with Crippen LogP contribution in [0.3, 0.4) is 0 Å². The second-order valence-electron chi connectivity index (χ2n) is 3.95. The van der Waals surface area contributed by atoms with E-state index >= 15 is 0 Å². The predicted octanol–water partition coefficient (Wildman–Crippen LogP) is -1.08. The number of carboxylic acids is 1. The van der Waals surface area contributed by atoms with Gasteiger partial charge in [0.15, 0.2) is 6.10 Å². The fraction of sp³-hybridized carbons (Fsp3) is 0.727. The van der Waals surface area contributed by atoms with Crippen molar-refractivity contribution in [3.05, 3.63) is 0 Å². The molecular weight excluding hydrogens is 258 g/mol. The smallest absolute Gasteiger partial charge is 0.326 e. The highest BCUT2D eigenvalue weighted by Crippen LogP contribution is 2.04. The molecule has 1 fully saturated rings. The number of amides is 1. The van der Waals surface area contributed by atoms with E-state index in [9.17, 15) is 14.4 Å². The summed E-state index contributed by atoms with van der Waals surface area (Å²) in [7, 11) is 1.21. The number of carbonyl (C=O) groups excluding carboxylic acids is 2. The Morgan fingerprint density at radius 1 is 1.42 bits per heavy atom. The Bertz CT molecular complexity index is 338. The van der Waals surface area contributed by atoms with Gasteiger partial charge in [0.2, 0.25) is 0 Å². The Morgan fingerprint density at radius 3 is 2.68 bits per heavy atom. The van der Waals surface area contributed by atoms with Crippen LogP contribution in [0, 0.1) is 0 Å². The van der Waals surface area contributed by atoms with E-state index in [-0.39, 0.29) is 26.1 Å². The minimum atomic E-state index is -1.21. The quantitative estimate of drug-likeness (QED) is 0.593. The lowest BCUT2D eigenvalue weighted by Gasteiger charge is -2.23. The van der Waals surface area contributed by atoms with Crippen LogP contribution in [0.2, 0.25) is 0 Å². The number of rotatable bonds is 6. The lowest BCUT2D eigenvalue weighted by molar-refractivity contribution is -0.152. The summed E-state index contributed by atoms with van der Waals surface area (Å²) in [5, 5.41) is 11.3.